The Kier molecular flexibility index (Phi) is 7.82. The number of hydrogen-bond donors (Lipinski definition) is 1. The van der Waals surface area contributed by atoms with Crippen molar-refractivity contribution in [1.29, 1.82) is 0 Å². The van der Waals surface area contributed by atoms with Crippen molar-refractivity contribution in [3.05, 3.63) is 93.9 Å². The Bertz CT molecular complexity index is 1100. The van der Waals surface area contributed by atoms with E-state index >= 15 is 0 Å². The zero-order valence-corrected chi connectivity index (χ0v) is 19.6. The van der Waals surface area contributed by atoms with E-state index in [0.717, 1.165) is 0 Å². The van der Waals surface area contributed by atoms with E-state index in [0.29, 0.717) is 53.0 Å². The molecule has 1 aliphatic heterocycles. The fourth-order valence-corrected chi connectivity index (χ4v) is 4.48. The molecule has 1 aromatic carbocycles. The van der Waals surface area contributed by atoms with Crippen LogP contribution in [0.15, 0.2) is 77.8 Å². The van der Waals surface area contributed by atoms with E-state index in [1.807, 2.05) is 18.2 Å². The summed E-state index contributed by atoms with van der Waals surface area (Å²) in [6.07, 6.45) is 10.4. The lowest BCUT2D eigenvalue weighted by Crippen LogP contribution is -2.42. The van der Waals surface area contributed by atoms with Gasteiger partial charge >= 0.3 is 0 Å². The van der Waals surface area contributed by atoms with E-state index < -0.39 is 6.04 Å². The summed E-state index contributed by atoms with van der Waals surface area (Å²) in [4.78, 5) is 21.0. The zero-order valence-electron chi connectivity index (χ0n) is 18.0. The van der Waals surface area contributed by atoms with Crippen molar-refractivity contribution >= 4 is 35.0 Å². The first-order valence-electron chi connectivity index (χ1n) is 10.5. The third-order valence-corrected chi connectivity index (χ3v) is 6.38. The first-order chi connectivity index (χ1) is 16.0. The van der Waals surface area contributed by atoms with Gasteiger partial charge in [-0.25, -0.2) is 4.39 Å². The number of nitrogens with zero attached hydrogens (tertiary/aromatic N) is 2. The highest BCUT2D eigenvalue weighted by molar-refractivity contribution is 8.04. The fraction of sp³-hybridized carbons (Fsp3) is 0.250. The molecule has 1 aliphatic carbocycles. The lowest BCUT2D eigenvalue weighted by Gasteiger charge is -2.31. The van der Waals surface area contributed by atoms with Crippen LogP contribution in [-0.4, -0.2) is 50.1 Å². The number of halogens is 2. The van der Waals surface area contributed by atoms with Gasteiger partial charge in [0, 0.05) is 51.0 Å². The number of hydrogen-bond acceptors (Lipinski definition) is 6. The van der Waals surface area contributed by atoms with Crippen LogP contribution in [-0.2, 0) is 4.74 Å². The number of benzene rings is 1. The fourth-order valence-electron chi connectivity index (χ4n) is 3.58. The molecule has 2 aromatic rings. The number of ether oxygens (including phenoxy) is 1. The summed E-state index contributed by atoms with van der Waals surface area (Å²) in [5.41, 5.74) is 1.51. The first-order valence-corrected chi connectivity index (χ1v) is 11.6. The molecule has 172 valence electrons. The monoisotopic (exact) mass is 488 g/mol. The van der Waals surface area contributed by atoms with Crippen molar-refractivity contribution in [2.75, 3.05) is 38.1 Å². The number of carbonyl (C=O) groups is 1. The van der Waals surface area contributed by atoms with Crippen molar-refractivity contribution < 1.29 is 23.5 Å². The molecule has 1 N–H and O–H groups in total. The minimum absolute atomic E-state index is 0.187. The van der Waals surface area contributed by atoms with Gasteiger partial charge in [-0.15, -0.1) is 0 Å². The van der Waals surface area contributed by atoms with Crippen molar-refractivity contribution in [3.8, 4) is 0 Å². The van der Waals surface area contributed by atoms with Crippen molar-refractivity contribution in [3.63, 3.8) is 0 Å². The molecule has 1 unspecified atom stereocenters. The standard InChI is InChI=1S/C24H23ClFN3O3S/c1-31-29-9-7-17(8-10-29)24(30)20-15-18(25)5-6-22(20)27-33-19-3-2-4-23(21(26)16-19)28-11-13-32-14-12-28/h2-10,15-16,23H,11-14H2,1H3/p+1. The van der Waals surface area contributed by atoms with Gasteiger partial charge in [-0.05, 0) is 42.3 Å². The van der Waals surface area contributed by atoms with E-state index in [9.17, 15) is 9.18 Å². The van der Waals surface area contributed by atoms with E-state index in [-0.39, 0.29) is 11.6 Å². The second-order valence-corrected chi connectivity index (χ2v) is 8.74. The predicted molar refractivity (Wildman–Crippen MR) is 128 cm³/mol. The Morgan fingerprint density at radius 1 is 1.27 bits per heavy atom. The van der Waals surface area contributed by atoms with E-state index in [1.54, 1.807) is 42.7 Å². The van der Waals surface area contributed by atoms with Crippen molar-refractivity contribution in [2.45, 2.75) is 6.04 Å². The van der Waals surface area contributed by atoms with Crippen LogP contribution in [0.3, 0.4) is 0 Å². The number of anilines is 1. The van der Waals surface area contributed by atoms with Gasteiger partial charge in [-0.2, -0.15) is 0 Å². The SMILES string of the molecule is CO[n+]1ccc(C(=O)c2cc(Cl)ccc2NSC2=CC=CC(N3CCOCC3)C(F)=C2)cc1. The van der Waals surface area contributed by atoms with Gasteiger partial charge in [-0.1, -0.05) is 23.8 Å². The Morgan fingerprint density at radius 3 is 2.76 bits per heavy atom. The number of ketones is 1. The second kappa shape index (κ2) is 11.0. The van der Waals surface area contributed by atoms with E-state index in [2.05, 4.69) is 9.62 Å². The lowest BCUT2D eigenvalue weighted by molar-refractivity contribution is -0.885. The normalized spacial score (nSPS) is 18.8. The van der Waals surface area contributed by atoms with Gasteiger partial charge < -0.3 is 9.46 Å². The topological polar surface area (TPSA) is 54.7 Å². The number of aromatic nitrogens is 1. The molecule has 4 rings (SSSR count). The van der Waals surface area contributed by atoms with Gasteiger partial charge in [0.1, 0.15) is 12.9 Å². The summed E-state index contributed by atoms with van der Waals surface area (Å²) >= 11 is 7.41. The highest BCUT2D eigenvalue weighted by atomic mass is 35.5. The highest BCUT2D eigenvalue weighted by Gasteiger charge is 2.24. The van der Waals surface area contributed by atoms with Gasteiger partial charge in [0.05, 0.1) is 24.9 Å². The number of nitrogens with one attached hydrogen (secondary N) is 1. The minimum atomic E-state index is -0.399. The number of morpholine rings is 1. The van der Waals surface area contributed by atoms with Crippen LogP contribution < -0.4 is 14.3 Å². The molecule has 0 bridgehead atoms. The molecular weight excluding hydrogens is 465 g/mol. The first kappa shape index (κ1) is 23.5. The van der Waals surface area contributed by atoms with Crippen LogP contribution in [0.2, 0.25) is 5.02 Å². The summed E-state index contributed by atoms with van der Waals surface area (Å²) < 4.78 is 25.0. The summed E-state index contributed by atoms with van der Waals surface area (Å²) in [5, 5.41) is 0.452. The van der Waals surface area contributed by atoms with Crippen molar-refractivity contribution in [2.24, 2.45) is 0 Å². The molecule has 1 aromatic heterocycles. The maximum absolute atomic E-state index is 15.0. The Labute approximate surface area is 201 Å². The van der Waals surface area contributed by atoms with Gasteiger partial charge in [0.2, 0.25) is 12.4 Å². The Hall–Kier alpha value is -2.65. The van der Waals surface area contributed by atoms with Crippen LogP contribution in [0.5, 0.6) is 0 Å². The van der Waals surface area contributed by atoms with Crippen LogP contribution in [0, 0.1) is 0 Å². The maximum atomic E-state index is 15.0. The third-order valence-electron chi connectivity index (χ3n) is 5.34. The molecule has 2 heterocycles. The van der Waals surface area contributed by atoms with E-state index in [4.69, 9.17) is 21.2 Å². The van der Waals surface area contributed by atoms with E-state index in [1.165, 1.54) is 29.9 Å². The zero-order chi connectivity index (χ0) is 23.2. The second-order valence-electron chi connectivity index (χ2n) is 7.43. The molecule has 1 fully saturated rings. The molecular formula is C24H24ClFN3O3S+. The molecule has 0 saturated carbocycles. The number of rotatable bonds is 7. The molecule has 33 heavy (non-hydrogen) atoms. The number of carbonyl (C=O) groups excluding carboxylic acids is 1. The molecule has 0 spiro atoms. The van der Waals surface area contributed by atoms with Gasteiger partial charge in [-0.3, -0.25) is 14.5 Å². The smallest absolute Gasteiger partial charge is 0.223 e. The van der Waals surface area contributed by atoms with Gasteiger partial charge in [0.25, 0.3) is 0 Å². The van der Waals surface area contributed by atoms with Gasteiger partial charge in [0.15, 0.2) is 5.78 Å². The summed E-state index contributed by atoms with van der Waals surface area (Å²) in [5.74, 6) is -0.415. The number of allylic oxidation sites excluding steroid dienone is 3. The largest absolute Gasteiger partial charge is 0.379 e. The summed E-state index contributed by atoms with van der Waals surface area (Å²) in [7, 11) is 1.54. The molecule has 1 atom stereocenters. The molecule has 0 amide bonds. The maximum Gasteiger partial charge on any atom is 0.223 e. The third kappa shape index (κ3) is 5.83. The molecule has 9 heteroatoms. The molecule has 1 saturated heterocycles. The quantitative estimate of drug-likeness (QED) is 0.361. The molecule has 0 radical (unpaired) electrons. The summed E-state index contributed by atoms with van der Waals surface area (Å²) in [6, 6.07) is 8.01. The lowest BCUT2D eigenvalue weighted by atomic mass is 10.0. The van der Waals surface area contributed by atoms with Crippen molar-refractivity contribution in [1.82, 2.24) is 4.90 Å². The Balaban J connectivity index is 1.49. The highest BCUT2D eigenvalue weighted by Crippen LogP contribution is 2.30. The van der Waals surface area contributed by atoms with Crippen LogP contribution in [0.4, 0.5) is 10.1 Å². The number of pyridine rings is 1. The van der Waals surface area contributed by atoms with Crippen LogP contribution in [0.1, 0.15) is 15.9 Å². The average molecular weight is 489 g/mol. The van der Waals surface area contributed by atoms with Crippen LogP contribution >= 0.6 is 23.5 Å². The molecule has 2 aliphatic rings. The molecule has 6 nitrogen and oxygen atoms in total. The minimum Gasteiger partial charge on any atom is -0.379 e. The van der Waals surface area contributed by atoms with Crippen LogP contribution in [0.25, 0.3) is 0 Å². The average Bonchev–Trinajstić information content (AvgIpc) is 3.04. The predicted octanol–water partition coefficient (Wildman–Crippen LogP) is 3.98. The summed E-state index contributed by atoms with van der Waals surface area (Å²) in [6.45, 7) is 2.59. The Morgan fingerprint density at radius 2 is 2.03 bits per heavy atom.